The van der Waals surface area contributed by atoms with Crippen LogP contribution >= 0.6 is 11.6 Å². The maximum Gasteiger partial charge on any atom is 0.357 e. The van der Waals surface area contributed by atoms with Crippen molar-refractivity contribution in [3.05, 3.63) is 22.7 Å². The average molecular weight is 271 g/mol. The van der Waals surface area contributed by atoms with Gasteiger partial charge in [-0.3, -0.25) is 0 Å². The highest BCUT2D eigenvalue weighted by atomic mass is 35.5. The van der Waals surface area contributed by atoms with Crippen LogP contribution in [0, 0.1) is 5.92 Å². The van der Waals surface area contributed by atoms with E-state index >= 15 is 0 Å². The summed E-state index contributed by atoms with van der Waals surface area (Å²) in [6, 6.07) is 0. The number of hydrogen-bond acceptors (Lipinski definition) is 5. The van der Waals surface area contributed by atoms with E-state index in [4.69, 9.17) is 21.1 Å². The van der Waals surface area contributed by atoms with Gasteiger partial charge < -0.3 is 9.47 Å². The van der Waals surface area contributed by atoms with Crippen LogP contribution in [0.3, 0.4) is 0 Å². The minimum absolute atomic E-state index is 0.0637. The van der Waals surface area contributed by atoms with E-state index < -0.39 is 5.97 Å². The fourth-order valence-corrected chi connectivity index (χ4v) is 1.89. The second-order valence-corrected chi connectivity index (χ2v) is 4.51. The van der Waals surface area contributed by atoms with E-state index in [1.54, 1.807) is 13.1 Å². The highest BCUT2D eigenvalue weighted by Gasteiger charge is 2.21. The van der Waals surface area contributed by atoms with Gasteiger partial charge in [-0.1, -0.05) is 0 Å². The predicted molar refractivity (Wildman–Crippen MR) is 65.6 cm³/mol. The number of hydrogen-bond donors (Lipinski definition) is 0. The first kappa shape index (κ1) is 13.2. The number of ether oxygens (including phenoxy) is 2. The number of esters is 1. The Morgan fingerprint density at radius 2 is 2.39 bits per heavy atom. The van der Waals surface area contributed by atoms with E-state index in [2.05, 4.69) is 9.97 Å². The molecule has 0 unspecified atom stereocenters. The van der Waals surface area contributed by atoms with Crippen LogP contribution in [0.1, 0.15) is 29.4 Å². The van der Waals surface area contributed by atoms with E-state index in [9.17, 15) is 4.79 Å². The van der Waals surface area contributed by atoms with Gasteiger partial charge in [0.15, 0.2) is 5.69 Å². The highest BCUT2D eigenvalue weighted by molar-refractivity contribution is 6.28. The molecule has 0 N–H and O–H groups in total. The van der Waals surface area contributed by atoms with E-state index in [1.807, 2.05) is 0 Å². The summed E-state index contributed by atoms with van der Waals surface area (Å²) >= 11 is 5.71. The van der Waals surface area contributed by atoms with Crippen LogP contribution in [0.2, 0.25) is 5.28 Å². The molecule has 6 heteroatoms. The van der Waals surface area contributed by atoms with Gasteiger partial charge in [-0.2, -0.15) is 0 Å². The van der Waals surface area contributed by atoms with Gasteiger partial charge in [0, 0.05) is 17.7 Å². The molecule has 2 heterocycles. The number of halogens is 1. The fourth-order valence-electron chi connectivity index (χ4n) is 1.76. The third-order valence-electron chi connectivity index (χ3n) is 2.83. The van der Waals surface area contributed by atoms with Gasteiger partial charge in [0.05, 0.1) is 19.8 Å². The van der Waals surface area contributed by atoms with Crippen molar-refractivity contribution in [1.82, 2.24) is 9.97 Å². The Labute approximate surface area is 110 Å². The number of aryl methyl sites for hydroxylation is 1. The molecule has 0 spiro atoms. The normalized spacial score (nSPS) is 15.2. The Kier molecular flexibility index (Phi) is 4.49. The lowest BCUT2D eigenvalue weighted by atomic mass is 9.98. The summed E-state index contributed by atoms with van der Waals surface area (Å²) in [6.07, 6.45) is 3.29. The van der Waals surface area contributed by atoms with Crippen LogP contribution in [0.25, 0.3) is 0 Å². The lowest BCUT2D eigenvalue weighted by Gasteiger charge is -2.25. The lowest BCUT2D eigenvalue weighted by molar-refractivity contribution is -0.0352. The first-order valence-corrected chi connectivity index (χ1v) is 6.34. The smallest absolute Gasteiger partial charge is 0.357 e. The molecule has 98 valence electrons. The molecule has 0 amide bonds. The molecule has 0 aliphatic carbocycles. The van der Waals surface area contributed by atoms with Crippen molar-refractivity contribution >= 4 is 17.6 Å². The molecule has 18 heavy (non-hydrogen) atoms. The summed E-state index contributed by atoms with van der Waals surface area (Å²) in [5.41, 5.74) is 1.06. The standard InChI is InChI=1S/C12H15ClN2O3/c1-2-18-11(16)10-9(5-14-12(13)15-10)4-3-8-6-17-7-8/h5,8H,2-4,6-7H2,1H3. The quantitative estimate of drug-likeness (QED) is 0.604. The summed E-state index contributed by atoms with van der Waals surface area (Å²) in [5.74, 6) is 0.123. The number of carbonyl (C=O) groups excluding carboxylic acids is 1. The molecule has 0 saturated carbocycles. The van der Waals surface area contributed by atoms with Crippen molar-refractivity contribution in [1.29, 1.82) is 0 Å². The molecule has 1 aliphatic heterocycles. The number of nitrogens with zero attached hydrogens (tertiary/aromatic N) is 2. The molecule has 0 bridgehead atoms. The molecule has 1 aliphatic rings. The summed E-state index contributed by atoms with van der Waals surface area (Å²) in [5, 5.41) is 0.0637. The van der Waals surface area contributed by atoms with Crippen LogP contribution in [0.15, 0.2) is 6.20 Å². The van der Waals surface area contributed by atoms with Crippen molar-refractivity contribution in [3.63, 3.8) is 0 Å². The number of aromatic nitrogens is 2. The largest absolute Gasteiger partial charge is 0.461 e. The first-order chi connectivity index (χ1) is 8.70. The topological polar surface area (TPSA) is 61.3 Å². The predicted octanol–water partition coefficient (Wildman–Crippen LogP) is 1.89. The summed E-state index contributed by atoms with van der Waals surface area (Å²) in [6.45, 7) is 3.66. The molecule has 1 aromatic heterocycles. The van der Waals surface area contributed by atoms with Gasteiger partial charge in [0.25, 0.3) is 0 Å². The number of carbonyl (C=O) groups is 1. The van der Waals surface area contributed by atoms with Crippen molar-refractivity contribution < 1.29 is 14.3 Å². The highest BCUT2D eigenvalue weighted by Crippen LogP contribution is 2.19. The van der Waals surface area contributed by atoms with Crippen molar-refractivity contribution in [2.75, 3.05) is 19.8 Å². The Balaban J connectivity index is 2.08. The monoisotopic (exact) mass is 270 g/mol. The summed E-state index contributed by atoms with van der Waals surface area (Å²) in [4.78, 5) is 19.6. The van der Waals surface area contributed by atoms with E-state index in [1.165, 1.54) is 0 Å². The summed E-state index contributed by atoms with van der Waals surface area (Å²) < 4.78 is 10.1. The third kappa shape index (κ3) is 3.17. The van der Waals surface area contributed by atoms with Crippen LogP contribution in [0.4, 0.5) is 0 Å². The zero-order valence-corrected chi connectivity index (χ0v) is 10.9. The van der Waals surface area contributed by atoms with Gasteiger partial charge in [0.1, 0.15) is 0 Å². The molecule has 5 nitrogen and oxygen atoms in total. The second-order valence-electron chi connectivity index (χ2n) is 4.18. The zero-order chi connectivity index (χ0) is 13.0. The van der Waals surface area contributed by atoms with E-state index in [0.29, 0.717) is 12.5 Å². The Morgan fingerprint density at radius 3 is 3.00 bits per heavy atom. The molecule has 0 radical (unpaired) electrons. The molecule has 0 atom stereocenters. The van der Waals surface area contributed by atoms with Crippen LogP contribution in [0.5, 0.6) is 0 Å². The Bertz CT molecular complexity index is 435. The van der Waals surface area contributed by atoms with Crippen LogP contribution < -0.4 is 0 Å². The molecular formula is C12H15ClN2O3. The minimum atomic E-state index is -0.443. The van der Waals surface area contributed by atoms with Gasteiger partial charge in [-0.05, 0) is 31.4 Å². The van der Waals surface area contributed by atoms with Crippen LogP contribution in [-0.2, 0) is 15.9 Å². The lowest BCUT2D eigenvalue weighted by Crippen LogP contribution is -2.28. The average Bonchev–Trinajstić information content (AvgIpc) is 2.29. The first-order valence-electron chi connectivity index (χ1n) is 5.97. The van der Waals surface area contributed by atoms with Gasteiger partial charge in [0.2, 0.25) is 5.28 Å². The SMILES string of the molecule is CCOC(=O)c1nc(Cl)ncc1CCC1COC1. The minimum Gasteiger partial charge on any atom is -0.461 e. The van der Waals surface area contributed by atoms with Gasteiger partial charge >= 0.3 is 5.97 Å². The third-order valence-corrected chi connectivity index (χ3v) is 3.02. The second kappa shape index (κ2) is 6.11. The Hall–Kier alpha value is -1.20. The fraction of sp³-hybridized carbons (Fsp3) is 0.583. The molecule has 1 fully saturated rings. The van der Waals surface area contributed by atoms with E-state index in [-0.39, 0.29) is 11.0 Å². The van der Waals surface area contributed by atoms with E-state index in [0.717, 1.165) is 31.6 Å². The molecule has 2 rings (SSSR count). The maximum absolute atomic E-state index is 11.8. The van der Waals surface area contributed by atoms with Crippen molar-refractivity contribution in [3.8, 4) is 0 Å². The number of rotatable bonds is 5. The molecule has 1 saturated heterocycles. The molecular weight excluding hydrogens is 256 g/mol. The molecule has 0 aromatic carbocycles. The van der Waals surface area contributed by atoms with Crippen molar-refractivity contribution in [2.45, 2.75) is 19.8 Å². The van der Waals surface area contributed by atoms with Gasteiger partial charge in [-0.15, -0.1) is 0 Å². The molecule has 1 aromatic rings. The van der Waals surface area contributed by atoms with Gasteiger partial charge in [-0.25, -0.2) is 14.8 Å². The summed E-state index contributed by atoms with van der Waals surface area (Å²) in [7, 11) is 0. The maximum atomic E-state index is 11.8. The zero-order valence-electron chi connectivity index (χ0n) is 10.2. The van der Waals surface area contributed by atoms with Crippen molar-refractivity contribution in [2.24, 2.45) is 5.92 Å². The van der Waals surface area contributed by atoms with Crippen LogP contribution in [-0.4, -0.2) is 35.8 Å². The Morgan fingerprint density at radius 1 is 1.61 bits per heavy atom.